The second-order valence-corrected chi connectivity index (χ2v) is 10.2. The van der Waals surface area contributed by atoms with Crippen molar-refractivity contribution in [2.45, 2.75) is 49.8 Å². The molecule has 2 aromatic rings. The first kappa shape index (κ1) is 25.4. The zero-order valence-corrected chi connectivity index (χ0v) is 20.5. The lowest BCUT2D eigenvalue weighted by molar-refractivity contribution is -0.147. The molecule has 0 aromatic heterocycles. The first-order valence-electron chi connectivity index (χ1n) is 11.3. The summed E-state index contributed by atoms with van der Waals surface area (Å²) in [6.07, 6.45) is 5.16. The van der Waals surface area contributed by atoms with E-state index < -0.39 is 28.6 Å². The van der Waals surface area contributed by atoms with Crippen LogP contribution in [0.2, 0.25) is 0 Å². The van der Waals surface area contributed by atoms with Gasteiger partial charge in [-0.2, -0.15) is 24.4 Å². The first-order chi connectivity index (χ1) is 15.9. The molecule has 2 aromatic carbocycles. The van der Waals surface area contributed by atoms with Crippen molar-refractivity contribution in [3.05, 3.63) is 60.2 Å². The summed E-state index contributed by atoms with van der Waals surface area (Å²) in [6, 6.07) is 16.5. The van der Waals surface area contributed by atoms with Crippen molar-refractivity contribution in [3.8, 4) is 11.1 Å². The van der Waals surface area contributed by atoms with Gasteiger partial charge in [0.15, 0.2) is 5.78 Å². The molecule has 33 heavy (non-hydrogen) atoms. The van der Waals surface area contributed by atoms with Crippen LogP contribution in [-0.4, -0.2) is 46.1 Å². The van der Waals surface area contributed by atoms with Gasteiger partial charge in [-0.05, 0) is 48.0 Å². The molecule has 1 aliphatic carbocycles. The van der Waals surface area contributed by atoms with Crippen molar-refractivity contribution < 1.29 is 19.5 Å². The molecule has 7 heteroatoms. The van der Waals surface area contributed by atoms with E-state index in [2.05, 4.69) is 17.9 Å². The lowest BCUT2D eigenvalue weighted by atomic mass is 9.78. The summed E-state index contributed by atoms with van der Waals surface area (Å²) in [7, 11) is 0. The summed E-state index contributed by atoms with van der Waals surface area (Å²) in [5, 5.41) is 12.0. The lowest BCUT2D eigenvalue weighted by Crippen LogP contribution is -2.53. The molecule has 176 valence electrons. The van der Waals surface area contributed by atoms with E-state index in [0.717, 1.165) is 35.3 Å². The summed E-state index contributed by atoms with van der Waals surface area (Å²) >= 11 is 6.11. The van der Waals surface area contributed by atoms with Gasteiger partial charge in [-0.15, -0.1) is 0 Å². The van der Waals surface area contributed by atoms with E-state index in [1.54, 1.807) is 11.8 Å². The van der Waals surface area contributed by atoms with Crippen molar-refractivity contribution in [2.75, 3.05) is 12.0 Å². The Kier molecular flexibility index (Phi) is 9.03. The van der Waals surface area contributed by atoms with Crippen molar-refractivity contribution in [1.29, 1.82) is 0 Å². The molecule has 1 aliphatic rings. The summed E-state index contributed by atoms with van der Waals surface area (Å²) < 4.78 is 0. The minimum absolute atomic E-state index is 0.150. The number of carboxylic acids is 1. The second-order valence-electron chi connectivity index (χ2n) is 8.58. The van der Waals surface area contributed by atoms with Crippen LogP contribution in [0.1, 0.15) is 37.7 Å². The zero-order chi connectivity index (χ0) is 23.8. The van der Waals surface area contributed by atoms with Gasteiger partial charge in [-0.3, -0.25) is 9.59 Å². The molecule has 3 rings (SSSR count). The first-order valence-corrected chi connectivity index (χ1v) is 13.2. The van der Waals surface area contributed by atoms with Crippen LogP contribution in [0.5, 0.6) is 0 Å². The van der Waals surface area contributed by atoms with Crippen LogP contribution < -0.4 is 5.32 Å². The average molecular weight is 486 g/mol. The van der Waals surface area contributed by atoms with Crippen molar-refractivity contribution in [2.24, 2.45) is 5.41 Å². The Hall–Kier alpha value is -2.25. The summed E-state index contributed by atoms with van der Waals surface area (Å²) in [6.45, 7) is 0. The minimum Gasteiger partial charge on any atom is -0.480 e. The lowest BCUT2D eigenvalue weighted by Gasteiger charge is -2.30. The Labute approximate surface area is 205 Å². The molecule has 0 saturated heterocycles. The largest absolute Gasteiger partial charge is 0.480 e. The molecule has 1 saturated carbocycles. The third kappa shape index (κ3) is 6.21. The molecule has 1 amide bonds. The van der Waals surface area contributed by atoms with Crippen molar-refractivity contribution >= 4 is 42.1 Å². The third-order valence-electron chi connectivity index (χ3n) is 6.37. The molecule has 0 unspecified atom stereocenters. The van der Waals surface area contributed by atoms with Crippen LogP contribution in [0.3, 0.4) is 0 Å². The number of benzene rings is 2. The number of carbonyl (C=O) groups is 3. The maximum atomic E-state index is 13.3. The Balaban J connectivity index is 1.72. The highest BCUT2D eigenvalue weighted by Gasteiger charge is 2.49. The molecule has 1 fully saturated rings. The van der Waals surface area contributed by atoms with Gasteiger partial charge in [-0.25, -0.2) is 4.79 Å². The molecule has 5 nitrogen and oxygen atoms in total. The van der Waals surface area contributed by atoms with Crippen LogP contribution >= 0.6 is 24.4 Å². The normalized spacial score (nSPS) is 16.7. The molecular weight excluding hydrogens is 454 g/mol. The van der Waals surface area contributed by atoms with Gasteiger partial charge >= 0.3 is 5.97 Å². The number of carbonyl (C=O) groups excluding carboxylic acids is 2. The SMILES string of the molecule is CSCC[C@H](S)C(=O)C1(C(=O)N[C@@H](Cc2ccc(-c3ccccc3)cc2)C(=O)O)CCCC1. The Morgan fingerprint density at radius 1 is 1.03 bits per heavy atom. The maximum absolute atomic E-state index is 13.3. The number of hydrogen-bond donors (Lipinski definition) is 3. The third-order valence-corrected chi connectivity index (χ3v) is 7.50. The van der Waals surface area contributed by atoms with E-state index in [1.807, 2.05) is 60.9 Å². The number of Topliss-reactive ketones (excluding diaryl/α,β-unsaturated/α-hetero) is 1. The molecule has 2 atom stereocenters. The summed E-state index contributed by atoms with van der Waals surface area (Å²) in [5.74, 6) is -0.970. The van der Waals surface area contributed by atoms with E-state index in [4.69, 9.17) is 0 Å². The fourth-order valence-corrected chi connectivity index (χ4v) is 5.46. The van der Waals surface area contributed by atoms with E-state index in [0.29, 0.717) is 19.3 Å². The number of aliphatic carboxylic acids is 1. The zero-order valence-electron chi connectivity index (χ0n) is 18.8. The molecule has 0 spiro atoms. The molecule has 0 radical (unpaired) electrons. The maximum Gasteiger partial charge on any atom is 0.326 e. The van der Waals surface area contributed by atoms with E-state index in [1.165, 1.54) is 0 Å². The van der Waals surface area contributed by atoms with Crippen LogP contribution in [0, 0.1) is 5.41 Å². The van der Waals surface area contributed by atoms with Gasteiger partial charge in [-0.1, -0.05) is 67.4 Å². The summed E-state index contributed by atoms with van der Waals surface area (Å²) in [4.78, 5) is 38.5. The number of thioether (sulfide) groups is 1. The average Bonchev–Trinajstić information content (AvgIpc) is 3.34. The van der Waals surface area contributed by atoms with Gasteiger partial charge in [0.2, 0.25) is 5.91 Å². The molecule has 0 heterocycles. The number of nitrogens with one attached hydrogen (secondary N) is 1. The molecular formula is C26H31NO4S2. The number of carboxylic acid groups (broad SMARTS) is 1. The van der Waals surface area contributed by atoms with Gasteiger partial charge in [0.05, 0.1) is 5.25 Å². The quantitative estimate of drug-likeness (QED) is 0.319. The number of hydrogen-bond acceptors (Lipinski definition) is 5. The number of amides is 1. The monoisotopic (exact) mass is 485 g/mol. The van der Waals surface area contributed by atoms with E-state index in [-0.39, 0.29) is 12.2 Å². The van der Waals surface area contributed by atoms with Crippen molar-refractivity contribution in [1.82, 2.24) is 5.32 Å². The predicted octanol–water partition coefficient (Wildman–Crippen LogP) is 4.65. The molecule has 2 N–H and O–H groups in total. The molecule has 0 bridgehead atoms. The fourth-order valence-electron chi connectivity index (χ4n) is 4.44. The molecule has 0 aliphatic heterocycles. The van der Waals surface area contributed by atoms with Crippen molar-refractivity contribution in [3.63, 3.8) is 0 Å². The smallest absolute Gasteiger partial charge is 0.326 e. The van der Waals surface area contributed by atoms with Gasteiger partial charge in [0.1, 0.15) is 11.5 Å². The number of ketones is 1. The Morgan fingerprint density at radius 3 is 2.21 bits per heavy atom. The second kappa shape index (κ2) is 11.7. The standard InChI is InChI=1S/C26H31NO4S2/c1-33-16-13-22(32)23(28)26(14-5-6-15-26)25(31)27-21(24(29)30)17-18-9-11-20(12-10-18)19-7-3-2-4-8-19/h2-4,7-12,21-22,32H,5-6,13-17H2,1H3,(H,27,31)(H,29,30)/t21-,22-/m0/s1. The Bertz CT molecular complexity index is 956. The van der Waals surface area contributed by atoms with Crippen LogP contribution in [0.25, 0.3) is 11.1 Å². The Morgan fingerprint density at radius 2 is 1.64 bits per heavy atom. The minimum atomic E-state index is -1.17. The summed E-state index contributed by atoms with van der Waals surface area (Å²) in [5.41, 5.74) is 1.75. The van der Waals surface area contributed by atoms with E-state index >= 15 is 0 Å². The van der Waals surface area contributed by atoms with Crippen LogP contribution in [0.4, 0.5) is 0 Å². The van der Waals surface area contributed by atoms with Crippen LogP contribution in [-0.2, 0) is 20.8 Å². The van der Waals surface area contributed by atoms with Gasteiger partial charge in [0, 0.05) is 6.42 Å². The highest BCUT2D eigenvalue weighted by Crippen LogP contribution is 2.41. The van der Waals surface area contributed by atoms with E-state index in [9.17, 15) is 19.5 Å². The highest BCUT2D eigenvalue weighted by molar-refractivity contribution is 7.98. The van der Waals surface area contributed by atoms with Crippen LogP contribution in [0.15, 0.2) is 54.6 Å². The number of thiol groups is 1. The fraction of sp³-hybridized carbons (Fsp3) is 0.423. The van der Waals surface area contributed by atoms with Gasteiger partial charge < -0.3 is 10.4 Å². The topological polar surface area (TPSA) is 83.5 Å². The predicted molar refractivity (Wildman–Crippen MR) is 137 cm³/mol. The van der Waals surface area contributed by atoms with Gasteiger partial charge in [0.25, 0.3) is 0 Å². The highest BCUT2D eigenvalue weighted by atomic mass is 32.2. The number of rotatable bonds is 11.